The molecule has 2 aromatic rings. The molecule has 27 heavy (non-hydrogen) atoms. The van der Waals surface area contributed by atoms with Crippen molar-refractivity contribution >= 4 is 5.71 Å². The average Bonchev–Trinajstić information content (AvgIpc) is 3.34. The van der Waals surface area contributed by atoms with E-state index in [0.717, 1.165) is 68.0 Å². The molecule has 0 bridgehead atoms. The van der Waals surface area contributed by atoms with Gasteiger partial charge in [0.15, 0.2) is 0 Å². The molecule has 0 amide bonds. The van der Waals surface area contributed by atoms with Gasteiger partial charge in [0.25, 0.3) is 0 Å². The lowest BCUT2D eigenvalue weighted by molar-refractivity contribution is -0.0372. The van der Waals surface area contributed by atoms with E-state index in [4.69, 9.17) is 9.36 Å². The lowest BCUT2D eigenvalue weighted by atomic mass is 9.87. The van der Waals surface area contributed by atoms with Crippen LogP contribution in [0.5, 0.6) is 0 Å². The molecule has 6 nitrogen and oxygen atoms in total. The SMILES string of the molecule is CCC1=NO[C@@H](CN2CCC(O)(Cc3cc(-c4ccccc4)no3)CC2)C1. The second-order valence-corrected chi connectivity index (χ2v) is 7.69. The number of nitrogens with zero attached hydrogens (tertiary/aromatic N) is 3. The number of oxime groups is 1. The van der Waals surface area contributed by atoms with Gasteiger partial charge in [0.1, 0.15) is 17.6 Å². The molecule has 1 saturated heterocycles. The van der Waals surface area contributed by atoms with Gasteiger partial charge >= 0.3 is 0 Å². The molecule has 144 valence electrons. The van der Waals surface area contributed by atoms with Crippen molar-refractivity contribution in [1.29, 1.82) is 0 Å². The minimum atomic E-state index is -0.731. The molecule has 3 heterocycles. The predicted octanol–water partition coefficient (Wildman–Crippen LogP) is 3.27. The minimum absolute atomic E-state index is 0.161. The fourth-order valence-corrected chi connectivity index (χ4v) is 3.88. The topological polar surface area (TPSA) is 71.1 Å². The summed E-state index contributed by atoms with van der Waals surface area (Å²) in [5, 5.41) is 19.3. The van der Waals surface area contributed by atoms with Gasteiger partial charge in [-0.2, -0.15) is 0 Å². The maximum atomic E-state index is 11.0. The summed E-state index contributed by atoms with van der Waals surface area (Å²) in [6, 6.07) is 11.9. The molecule has 0 aliphatic carbocycles. The summed E-state index contributed by atoms with van der Waals surface area (Å²) in [5.41, 5.74) is 2.26. The van der Waals surface area contributed by atoms with E-state index in [0.29, 0.717) is 6.42 Å². The van der Waals surface area contributed by atoms with E-state index in [1.807, 2.05) is 36.4 Å². The van der Waals surface area contributed by atoms with Crippen LogP contribution in [0, 0.1) is 0 Å². The maximum absolute atomic E-state index is 11.0. The fourth-order valence-electron chi connectivity index (χ4n) is 3.88. The van der Waals surface area contributed by atoms with E-state index in [1.165, 1.54) is 0 Å². The third-order valence-corrected chi connectivity index (χ3v) is 5.58. The van der Waals surface area contributed by atoms with Crippen LogP contribution in [0.25, 0.3) is 11.3 Å². The molecule has 0 unspecified atom stereocenters. The number of aliphatic hydroxyl groups is 1. The molecule has 4 rings (SSSR count). The van der Waals surface area contributed by atoms with Crippen molar-refractivity contribution < 1.29 is 14.5 Å². The van der Waals surface area contributed by atoms with Crippen LogP contribution in [0.1, 0.15) is 38.4 Å². The number of hydrogen-bond acceptors (Lipinski definition) is 6. The Morgan fingerprint density at radius 3 is 2.70 bits per heavy atom. The van der Waals surface area contributed by atoms with Gasteiger partial charge in [-0.25, -0.2) is 0 Å². The van der Waals surface area contributed by atoms with Crippen LogP contribution in [0.2, 0.25) is 0 Å². The van der Waals surface area contributed by atoms with Crippen molar-refractivity contribution in [3.63, 3.8) is 0 Å². The van der Waals surface area contributed by atoms with Crippen LogP contribution in [0.3, 0.4) is 0 Å². The molecule has 6 heteroatoms. The Morgan fingerprint density at radius 1 is 1.22 bits per heavy atom. The third kappa shape index (κ3) is 4.39. The zero-order chi connectivity index (χ0) is 18.7. The summed E-state index contributed by atoms with van der Waals surface area (Å²) in [6.45, 7) is 4.71. The summed E-state index contributed by atoms with van der Waals surface area (Å²) in [6.07, 6.45) is 4.00. The highest BCUT2D eigenvalue weighted by Gasteiger charge is 2.35. The molecule has 2 aliphatic heterocycles. The Kier molecular flexibility index (Phi) is 5.27. The van der Waals surface area contributed by atoms with E-state index in [2.05, 4.69) is 22.1 Å². The van der Waals surface area contributed by atoms with Crippen LogP contribution in [-0.2, 0) is 11.3 Å². The number of aromatic nitrogens is 1. The average molecular weight is 369 g/mol. The largest absolute Gasteiger partial charge is 0.391 e. The molecular weight excluding hydrogens is 342 g/mol. The normalized spacial score (nSPS) is 22.4. The highest BCUT2D eigenvalue weighted by molar-refractivity contribution is 5.85. The first-order valence-electron chi connectivity index (χ1n) is 9.81. The van der Waals surface area contributed by atoms with Crippen LogP contribution < -0.4 is 0 Å². The summed E-state index contributed by atoms with van der Waals surface area (Å²) in [5.74, 6) is 0.741. The van der Waals surface area contributed by atoms with Crippen LogP contribution >= 0.6 is 0 Å². The van der Waals surface area contributed by atoms with Gasteiger partial charge in [0.05, 0.1) is 11.3 Å². The number of likely N-dealkylation sites (tertiary alicyclic amines) is 1. The smallest absolute Gasteiger partial charge is 0.145 e. The Bertz CT molecular complexity index is 779. The lowest BCUT2D eigenvalue weighted by Gasteiger charge is -2.38. The Morgan fingerprint density at radius 2 is 2.00 bits per heavy atom. The molecule has 1 aromatic heterocycles. The number of piperidine rings is 1. The molecule has 2 aliphatic rings. The van der Waals surface area contributed by atoms with Crippen molar-refractivity contribution in [2.24, 2.45) is 5.16 Å². The fraction of sp³-hybridized carbons (Fsp3) is 0.524. The molecule has 1 fully saturated rings. The zero-order valence-corrected chi connectivity index (χ0v) is 15.8. The number of rotatable bonds is 6. The summed E-state index contributed by atoms with van der Waals surface area (Å²) in [4.78, 5) is 7.88. The van der Waals surface area contributed by atoms with E-state index in [9.17, 15) is 5.11 Å². The van der Waals surface area contributed by atoms with Crippen molar-refractivity contribution in [1.82, 2.24) is 10.1 Å². The van der Waals surface area contributed by atoms with E-state index in [-0.39, 0.29) is 6.10 Å². The zero-order valence-electron chi connectivity index (χ0n) is 15.8. The third-order valence-electron chi connectivity index (χ3n) is 5.58. The molecule has 0 spiro atoms. The van der Waals surface area contributed by atoms with Gasteiger partial charge in [0, 0.05) is 44.1 Å². The lowest BCUT2D eigenvalue weighted by Crippen LogP contribution is -2.47. The van der Waals surface area contributed by atoms with Gasteiger partial charge in [-0.15, -0.1) is 0 Å². The van der Waals surface area contributed by atoms with Crippen LogP contribution in [0.4, 0.5) is 0 Å². The molecule has 1 aromatic carbocycles. The molecule has 1 N–H and O–H groups in total. The Balaban J connectivity index is 1.29. The number of hydrogen-bond donors (Lipinski definition) is 1. The maximum Gasteiger partial charge on any atom is 0.145 e. The van der Waals surface area contributed by atoms with Crippen molar-refractivity contribution in [3.05, 3.63) is 42.2 Å². The highest BCUT2D eigenvalue weighted by Crippen LogP contribution is 2.29. The van der Waals surface area contributed by atoms with Gasteiger partial charge < -0.3 is 14.5 Å². The number of benzene rings is 1. The predicted molar refractivity (Wildman–Crippen MR) is 103 cm³/mol. The Labute approximate surface area is 159 Å². The van der Waals surface area contributed by atoms with Crippen molar-refractivity contribution in [3.8, 4) is 11.3 Å². The first kappa shape index (κ1) is 18.2. The first-order valence-corrected chi connectivity index (χ1v) is 9.81. The van der Waals surface area contributed by atoms with Gasteiger partial charge in [-0.1, -0.05) is 47.6 Å². The summed E-state index contributed by atoms with van der Waals surface area (Å²) < 4.78 is 5.49. The first-order chi connectivity index (χ1) is 13.1. The van der Waals surface area contributed by atoms with Crippen molar-refractivity contribution in [2.45, 2.75) is 50.7 Å². The Hall–Kier alpha value is -2.18. The second-order valence-electron chi connectivity index (χ2n) is 7.69. The quantitative estimate of drug-likeness (QED) is 0.846. The second kappa shape index (κ2) is 7.82. The highest BCUT2D eigenvalue weighted by atomic mass is 16.6. The van der Waals surface area contributed by atoms with Crippen molar-refractivity contribution in [2.75, 3.05) is 19.6 Å². The van der Waals surface area contributed by atoms with Crippen LogP contribution in [0.15, 0.2) is 46.1 Å². The molecule has 0 radical (unpaired) electrons. The van der Waals surface area contributed by atoms with E-state index >= 15 is 0 Å². The van der Waals surface area contributed by atoms with E-state index in [1.54, 1.807) is 0 Å². The summed E-state index contributed by atoms with van der Waals surface area (Å²) in [7, 11) is 0. The molecule has 0 saturated carbocycles. The van der Waals surface area contributed by atoms with Crippen LogP contribution in [-0.4, -0.2) is 52.2 Å². The van der Waals surface area contributed by atoms with E-state index < -0.39 is 5.60 Å². The standard InChI is InChI=1S/C21H27N3O3/c1-2-17-12-19(27-22-17)15-24-10-8-21(25,9-11-24)14-18-13-20(23-26-18)16-6-4-3-5-7-16/h3-7,13,19,25H,2,8-12,14-15H2,1H3/t19-/m1/s1. The summed E-state index contributed by atoms with van der Waals surface area (Å²) >= 11 is 0. The van der Waals surface area contributed by atoms with Gasteiger partial charge in [0.2, 0.25) is 0 Å². The van der Waals surface area contributed by atoms with Gasteiger partial charge in [-0.05, 0) is 19.3 Å². The molecule has 1 atom stereocenters. The molecular formula is C21H27N3O3. The van der Waals surface area contributed by atoms with Gasteiger partial charge in [-0.3, -0.25) is 4.90 Å². The monoisotopic (exact) mass is 369 g/mol. The minimum Gasteiger partial charge on any atom is -0.391 e.